The lowest BCUT2D eigenvalue weighted by molar-refractivity contribution is 0.102. The first kappa shape index (κ1) is 12.6. The van der Waals surface area contributed by atoms with Crippen LogP contribution in [0.3, 0.4) is 0 Å². The van der Waals surface area contributed by atoms with Crippen LogP contribution in [-0.4, -0.2) is 10.9 Å². The standard InChI is InChI=1S/C16H11ClN2O/c17-12-4-2-5-13(9-12)19-16(20)14-6-1-3-11-7-8-18-10-15(11)14/h1-10H,(H,19,20). The first-order chi connectivity index (χ1) is 9.74. The summed E-state index contributed by atoms with van der Waals surface area (Å²) in [6.45, 7) is 0. The molecule has 3 nitrogen and oxygen atoms in total. The number of hydrogen-bond donors (Lipinski definition) is 1. The van der Waals surface area contributed by atoms with Gasteiger partial charge in [-0.2, -0.15) is 0 Å². The number of benzene rings is 2. The summed E-state index contributed by atoms with van der Waals surface area (Å²) >= 11 is 5.91. The highest BCUT2D eigenvalue weighted by molar-refractivity contribution is 6.31. The van der Waals surface area contributed by atoms with Gasteiger partial charge in [-0.05, 0) is 35.7 Å². The molecule has 0 bridgehead atoms. The highest BCUT2D eigenvalue weighted by Crippen LogP contribution is 2.20. The fraction of sp³-hybridized carbons (Fsp3) is 0. The smallest absolute Gasteiger partial charge is 0.256 e. The Bertz CT molecular complexity index is 781. The zero-order valence-corrected chi connectivity index (χ0v) is 11.3. The van der Waals surface area contributed by atoms with E-state index in [0.29, 0.717) is 16.3 Å². The molecule has 0 spiro atoms. The number of rotatable bonds is 2. The predicted molar refractivity (Wildman–Crippen MR) is 81.1 cm³/mol. The molecule has 1 heterocycles. The van der Waals surface area contributed by atoms with Crippen molar-refractivity contribution in [3.05, 3.63) is 71.5 Å². The van der Waals surface area contributed by atoms with Crippen LogP contribution in [0, 0.1) is 0 Å². The third kappa shape index (κ3) is 2.49. The van der Waals surface area contributed by atoms with E-state index in [1.807, 2.05) is 18.2 Å². The van der Waals surface area contributed by atoms with Crippen molar-refractivity contribution in [3.63, 3.8) is 0 Å². The van der Waals surface area contributed by atoms with Gasteiger partial charge in [-0.15, -0.1) is 0 Å². The highest BCUT2D eigenvalue weighted by atomic mass is 35.5. The summed E-state index contributed by atoms with van der Waals surface area (Å²) in [6.07, 6.45) is 3.41. The number of amides is 1. The van der Waals surface area contributed by atoms with E-state index < -0.39 is 0 Å². The van der Waals surface area contributed by atoms with Gasteiger partial charge in [0.2, 0.25) is 0 Å². The number of aromatic nitrogens is 1. The first-order valence-corrected chi connectivity index (χ1v) is 6.51. The van der Waals surface area contributed by atoms with Crippen LogP contribution in [0.4, 0.5) is 5.69 Å². The van der Waals surface area contributed by atoms with Crippen molar-refractivity contribution in [2.75, 3.05) is 5.32 Å². The van der Waals surface area contributed by atoms with Crippen LogP contribution in [0.25, 0.3) is 10.8 Å². The molecule has 0 saturated carbocycles. The lowest BCUT2D eigenvalue weighted by atomic mass is 10.1. The maximum Gasteiger partial charge on any atom is 0.256 e. The van der Waals surface area contributed by atoms with Gasteiger partial charge in [0, 0.05) is 34.1 Å². The van der Waals surface area contributed by atoms with E-state index >= 15 is 0 Å². The van der Waals surface area contributed by atoms with Crippen molar-refractivity contribution < 1.29 is 4.79 Å². The van der Waals surface area contributed by atoms with Gasteiger partial charge in [0.15, 0.2) is 0 Å². The Labute approximate surface area is 121 Å². The fourth-order valence-electron chi connectivity index (χ4n) is 2.08. The van der Waals surface area contributed by atoms with E-state index in [9.17, 15) is 4.79 Å². The van der Waals surface area contributed by atoms with E-state index in [0.717, 1.165) is 10.8 Å². The molecule has 0 atom stereocenters. The monoisotopic (exact) mass is 282 g/mol. The van der Waals surface area contributed by atoms with E-state index in [4.69, 9.17) is 11.6 Å². The van der Waals surface area contributed by atoms with E-state index in [1.54, 1.807) is 42.7 Å². The molecule has 3 rings (SSSR count). The molecule has 0 aliphatic rings. The van der Waals surface area contributed by atoms with Crippen molar-refractivity contribution in [1.29, 1.82) is 0 Å². The minimum atomic E-state index is -0.175. The molecule has 0 radical (unpaired) electrons. The summed E-state index contributed by atoms with van der Waals surface area (Å²) in [5.41, 5.74) is 1.26. The van der Waals surface area contributed by atoms with Crippen LogP contribution in [0.2, 0.25) is 5.02 Å². The maximum absolute atomic E-state index is 12.4. The number of halogens is 1. The lowest BCUT2D eigenvalue weighted by Gasteiger charge is -2.08. The fourth-order valence-corrected chi connectivity index (χ4v) is 2.27. The van der Waals surface area contributed by atoms with Crippen LogP contribution >= 0.6 is 11.6 Å². The Morgan fingerprint density at radius 3 is 2.80 bits per heavy atom. The summed E-state index contributed by atoms with van der Waals surface area (Å²) in [5, 5.41) is 5.24. The van der Waals surface area contributed by atoms with Gasteiger partial charge < -0.3 is 5.32 Å². The van der Waals surface area contributed by atoms with Crippen LogP contribution in [0.1, 0.15) is 10.4 Å². The lowest BCUT2D eigenvalue weighted by Crippen LogP contribution is -2.12. The normalized spacial score (nSPS) is 10.4. The molecular formula is C16H11ClN2O. The first-order valence-electron chi connectivity index (χ1n) is 6.14. The highest BCUT2D eigenvalue weighted by Gasteiger charge is 2.10. The van der Waals surface area contributed by atoms with Gasteiger partial charge in [0.25, 0.3) is 5.91 Å². The summed E-state index contributed by atoms with van der Waals surface area (Å²) < 4.78 is 0. The van der Waals surface area contributed by atoms with Gasteiger partial charge in [-0.1, -0.05) is 29.8 Å². The van der Waals surface area contributed by atoms with Crippen molar-refractivity contribution in [1.82, 2.24) is 4.98 Å². The maximum atomic E-state index is 12.4. The van der Waals surface area contributed by atoms with Gasteiger partial charge in [-0.25, -0.2) is 0 Å². The van der Waals surface area contributed by atoms with Crippen molar-refractivity contribution in [2.45, 2.75) is 0 Å². The minimum Gasteiger partial charge on any atom is -0.322 e. The molecule has 0 aliphatic carbocycles. The zero-order valence-electron chi connectivity index (χ0n) is 10.5. The van der Waals surface area contributed by atoms with E-state index in [-0.39, 0.29) is 5.91 Å². The molecule has 1 aromatic heterocycles. The van der Waals surface area contributed by atoms with Gasteiger partial charge in [0.1, 0.15) is 0 Å². The number of carbonyl (C=O) groups excluding carboxylic acids is 1. The molecular weight excluding hydrogens is 272 g/mol. The van der Waals surface area contributed by atoms with Crippen LogP contribution < -0.4 is 5.32 Å². The number of nitrogens with zero attached hydrogens (tertiary/aromatic N) is 1. The van der Waals surface area contributed by atoms with Gasteiger partial charge >= 0.3 is 0 Å². The minimum absolute atomic E-state index is 0.175. The predicted octanol–water partition coefficient (Wildman–Crippen LogP) is 4.14. The zero-order chi connectivity index (χ0) is 13.9. The Morgan fingerprint density at radius 2 is 1.95 bits per heavy atom. The molecule has 0 saturated heterocycles. The molecule has 0 fully saturated rings. The molecule has 4 heteroatoms. The Morgan fingerprint density at radius 1 is 1.10 bits per heavy atom. The number of pyridine rings is 1. The SMILES string of the molecule is O=C(Nc1cccc(Cl)c1)c1cccc2ccncc12. The summed E-state index contributed by atoms with van der Waals surface area (Å²) in [6, 6.07) is 14.5. The van der Waals surface area contributed by atoms with Crippen molar-refractivity contribution in [3.8, 4) is 0 Å². The average Bonchev–Trinajstić information content (AvgIpc) is 2.46. The van der Waals surface area contributed by atoms with Crippen LogP contribution in [0.5, 0.6) is 0 Å². The summed E-state index contributed by atoms with van der Waals surface area (Å²) in [4.78, 5) is 16.4. The van der Waals surface area contributed by atoms with Gasteiger partial charge in [-0.3, -0.25) is 9.78 Å². The average molecular weight is 283 g/mol. The van der Waals surface area contributed by atoms with E-state index in [2.05, 4.69) is 10.3 Å². The Kier molecular flexibility index (Phi) is 3.35. The molecule has 1 amide bonds. The molecule has 2 aromatic carbocycles. The largest absolute Gasteiger partial charge is 0.322 e. The molecule has 98 valence electrons. The quantitative estimate of drug-likeness (QED) is 0.767. The van der Waals surface area contributed by atoms with Crippen LogP contribution in [0.15, 0.2) is 60.9 Å². The van der Waals surface area contributed by atoms with Crippen molar-refractivity contribution in [2.24, 2.45) is 0 Å². The second kappa shape index (κ2) is 5.31. The molecule has 3 aromatic rings. The van der Waals surface area contributed by atoms with Gasteiger partial charge in [0.05, 0.1) is 0 Å². The third-order valence-electron chi connectivity index (χ3n) is 3.01. The Balaban J connectivity index is 1.97. The number of fused-ring (bicyclic) bond motifs is 1. The molecule has 0 aliphatic heterocycles. The number of carbonyl (C=O) groups is 1. The van der Waals surface area contributed by atoms with Crippen LogP contribution in [-0.2, 0) is 0 Å². The summed E-state index contributed by atoms with van der Waals surface area (Å²) in [5.74, 6) is -0.175. The Hall–Kier alpha value is -2.39. The molecule has 20 heavy (non-hydrogen) atoms. The number of nitrogens with one attached hydrogen (secondary N) is 1. The second-order valence-electron chi connectivity index (χ2n) is 4.37. The second-order valence-corrected chi connectivity index (χ2v) is 4.80. The van der Waals surface area contributed by atoms with E-state index in [1.165, 1.54) is 0 Å². The number of hydrogen-bond acceptors (Lipinski definition) is 2. The van der Waals surface area contributed by atoms with Crippen molar-refractivity contribution >= 4 is 34.0 Å². The summed E-state index contributed by atoms with van der Waals surface area (Å²) in [7, 11) is 0. The topological polar surface area (TPSA) is 42.0 Å². The number of anilines is 1. The third-order valence-corrected chi connectivity index (χ3v) is 3.25. The molecule has 1 N–H and O–H groups in total. The molecule has 0 unspecified atom stereocenters.